The molecular formula is C13H17NO4. The molecule has 0 saturated heterocycles. The van der Waals surface area contributed by atoms with Crippen LogP contribution in [-0.4, -0.2) is 42.6 Å². The molecule has 0 spiro atoms. The van der Waals surface area contributed by atoms with E-state index >= 15 is 0 Å². The van der Waals surface area contributed by atoms with Gasteiger partial charge in [0.2, 0.25) is 0 Å². The van der Waals surface area contributed by atoms with Gasteiger partial charge in [-0.2, -0.15) is 0 Å². The highest BCUT2D eigenvalue weighted by Gasteiger charge is 2.17. The first kappa shape index (κ1) is 14.0. The van der Waals surface area contributed by atoms with Gasteiger partial charge in [-0.3, -0.25) is 9.59 Å². The normalized spacial score (nSPS) is 9.94. The van der Waals surface area contributed by atoms with Crippen molar-refractivity contribution in [2.24, 2.45) is 0 Å². The average molecular weight is 251 g/mol. The van der Waals surface area contributed by atoms with Crippen molar-refractivity contribution in [1.82, 2.24) is 4.90 Å². The number of carboxylic acids is 1. The molecule has 5 heteroatoms. The molecule has 0 aliphatic carbocycles. The molecule has 0 aliphatic rings. The van der Waals surface area contributed by atoms with Crippen LogP contribution in [-0.2, 0) is 4.79 Å². The number of hydrogen-bond acceptors (Lipinski definition) is 3. The molecule has 5 nitrogen and oxygen atoms in total. The number of aliphatic carboxylic acids is 1. The maximum atomic E-state index is 12.1. The molecule has 98 valence electrons. The van der Waals surface area contributed by atoms with Crippen LogP contribution in [0.5, 0.6) is 5.75 Å². The van der Waals surface area contributed by atoms with Crippen molar-refractivity contribution >= 4 is 11.9 Å². The number of hydrogen-bond donors (Lipinski definition) is 1. The van der Waals surface area contributed by atoms with Crippen LogP contribution in [0.1, 0.15) is 22.3 Å². The molecule has 0 saturated carbocycles. The lowest BCUT2D eigenvalue weighted by molar-refractivity contribution is -0.137. The Balaban J connectivity index is 2.88. The Kier molecular flexibility index (Phi) is 4.71. The summed E-state index contributed by atoms with van der Waals surface area (Å²) in [7, 11) is 3.08. The van der Waals surface area contributed by atoms with Crippen LogP contribution < -0.4 is 4.74 Å². The smallest absolute Gasteiger partial charge is 0.305 e. The number of methoxy groups -OCH3 is 1. The quantitative estimate of drug-likeness (QED) is 0.862. The summed E-state index contributed by atoms with van der Waals surface area (Å²) in [5, 5.41) is 8.60. The van der Waals surface area contributed by atoms with Gasteiger partial charge in [-0.25, -0.2) is 0 Å². The number of benzene rings is 1. The molecule has 0 fully saturated rings. The molecule has 1 rings (SSSR count). The number of aryl methyl sites for hydroxylation is 1. The summed E-state index contributed by atoms with van der Waals surface area (Å²) in [6.45, 7) is 2.05. The summed E-state index contributed by atoms with van der Waals surface area (Å²) in [5.74, 6) is -0.671. The second-order valence-electron chi connectivity index (χ2n) is 4.07. The molecular weight excluding hydrogens is 234 g/mol. The fourth-order valence-electron chi connectivity index (χ4n) is 1.56. The predicted molar refractivity (Wildman–Crippen MR) is 66.9 cm³/mol. The van der Waals surface area contributed by atoms with Crippen LogP contribution in [0.2, 0.25) is 0 Å². The Labute approximate surface area is 106 Å². The Morgan fingerprint density at radius 2 is 2.06 bits per heavy atom. The van der Waals surface area contributed by atoms with Crippen molar-refractivity contribution in [3.8, 4) is 5.75 Å². The van der Waals surface area contributed by atoms with Crippen molar-refractivity contribution in [3.63, 3.8) is 0 Å². The van der Waals surface area contributed by atoms with Crippen LogP contribution in [0.3, 0.4) is 0 Å². The van der Waals surface area contributed by atoms with Crippen LogP contribution in [0.15, 0.2) is 18.2 Å². The van der Waals surface area contributed by atoms with Gasteiger partial charge in [-0.05, 0) is 19.1 Å². The Bertz CT molecular complexity index is 456. The van der Waals surface area contributed by atoms with Crippen molar-refractivity contribution in [2.75, 3.05) is 20.7 Å². The van der Waals surface area contributed by atoms with Gasteiger partial charge in [0.25, 0.3) is 5.91 Å². The standard InChI is InChI=1S/C13H17NO4/c1-9-4-5-11(18-3)10(8-9)13(17)14(2)7-6-12(15)16/h4-5,8H,6-7H2,1-3H3,(H,15,16). The lowest BCUT2D eigenvalue weighted by Gasteiger charge is -2.18. The molecule has 18 heavy (non-hydrogen) atoms. The summed E-state index contributed by atoms with van der Waals surface area (Å²) in [6, 6.07) is 5.32. The first-order chi connectivity index (χ1) is 8.45. The van der Waals surface area contributed by atoms with E-state index in [2.05, 4.69) is 0 Å². The zero-order valence-electron chi connectivity index (χ0n) is 10.8. The van der Waals surface area contributed by atoms with Crippen molar-refractivity contribution in [2.45, 2.75) is 13.3 Å². The molecule has 0 aliphatic heterocycles. The van der Waals surface area contributed by atoms with Gasteiger partial charge in [0.05, 0.1) is 19.1 Å². The average Bonchev–Trinajstić information content (AvgIpc) is 2.34. The largest absolute Gasteiger partial charge is 0.496 e. The van der Waals surface area contributed by atoms with E-state index < -0.39 is 5.97 Å². The SMILES string of the molecule is COc1ccc(C)cc1C(=O)N(C)CCC(=O)O. The maximum Gasteiger partial charge on any atom is 0.305 e. The van der Waals surface area contributed by atoms with Gasteiger partial charge >= 0.3 is 5.97 Å². The minimum absolute atomic E-state index is 0.0730. The highest BCUT2D eigenvalue weighted by molar-refractivity contribution is 5.97. The number of carbonyl (C=O) groups excluding carboxylic acids is 1. The first-order valence-corrected chi connectivity index (χ1v) is 5.57. The van der Waals surface area contributed by atoms with Gasteiger partial charge in [-0.1, -0.05) is 11.6 Å². The molecule has 0 aromatic heterocycles. The van der Waals surface area contributed by atoms with Crippen LogP contribution >= 0.6 is 0 Å². The molecule has 0 atom stereocenters. The van der Waals surface area contributed by atoms with Gasteiger partial charge in [-0.15, -0.1) is 0 Å². The lowest BCUT2D eigenvalue weighted by atomic mass is 10.1. The molecule has 1 aromatic carbocycles. The molecule has 1 aromatic rings. The van der Waals surface area contributed by atoms with Crippen LogP contribution in [0.25, 0.3) is 0 Å². The third kappa shape index (κ3) is 3.48. The zero-order chi connectivity index (χ0) is 13.7. The Morgan fingerprint density at radius 3 is 2.61 bits per heavy atom. The molecule has 1 N–H and O–H groups in total. The van der Waals surface area contributed by atoms with Crippen LogP contribution in [0.4, 0.5) is 0 Å². The Morgan fingerprint density at radius 1 is 1.39 bits per heavy atom. The number of ether oxygens (including phenoxy) is 1. The van der Waals surface area contributed by atoms with E-state index in [1.165, 1.54) is 12.0 Å². The third-order valence-electron chi connectivity index (χ3n) is 2.59. The predicted octanol–water partition coefficient (Wildman–Crippen LogP) is 1.55. The number of carbonyl (C=O) groups is 2. The summed E-state index contributed by atoms with van der Waals surface area (Å²) in [6.07, 6.45) is -0.0730. The van der Waals surface area contributed by atoms with E-state index in [4.69, 9.17) is 9.84 Å². The van der Waals surface area contributed by atoms with E-state index in [-0.39, 0.29) is 18.9 Å². The van der Waals surface area contributed by atoms with Crippen LogP contribution in [0, 0.1) is 6.92 Å². The maximum absolute atomic E-state index is 12.1. The zero-order valence-corrected chi connectivity index (χ0v) is 10.8. The molecule has 0 radical (unpaired) electrons. The van der Waals surface area contributed by atoms with Gasteiger partial charge < -0.3 is 14.7 Å². The minimum atomic E-state index is -0.925. The topological polar surface area (TPSA) is 66.8 Å². The fraction of sp³-hybridized carbons (Fsp3) is 0.385. The van der Waals surface area contributed by atoms with E-state index in [9.17, 15) is 9.59 Å². The van der Waals surface area contributed by atoms with E-state index in [0.717, 1.165) is 5.56 Å². The lowest BCUT2D eigenvalue weighted by Crippen LogP contribution is -2.29. The monoisotopic (exact) mass is 251 g/mol. The molecule has 0 heterocycles. The van der Waals surface area contributed by atoms with Crippen molar-refractivity contribution in [1.29, 1.82) is 0 Å². The minimum Gasteiger partial charge on any atom is -0.496 e. The molecule has 0 unspecified atom stereocenters. The number of amides is 1. The number of carboxylic acid groups (broad SMARTS) is 1. The van der Waals surface area contributed by atoms with Gasteiger partial charge in [0.1, 0.15) is 5.75 Å². The van der Waals surface area contributed by atoms with Gasteiger partial charge in [0.15, 0.2) is 0 Å². The molecule has 0 bridgehead atoms. The number of nitrogens with zero attached hydrogens (tertiary/aromatic N) is 1. The molecule has 1 amide bonds. The second kappa shape index (κ2) is 6.05. The summed E-state index contributed by atoms with van der Waals surface area (Å²) >= 11 is 0. The second-order valence-corrected chi connectivity index (χ2v) is 4.07. The van der Waals surface area contributed by atoms with E-state index in [1.807, 2.05) is 13.0 Å². The first-order valence-electron chi connectivity index (χ1n) is 5.57. The van der Waals surface area contributed by atoms with E-state index in [1.54, 1.807) is 19.2 Å². The van der Waals surface area contributed by atoms with Gasteiger partial charge in [0, 0.05) is 13.6 Å². The fourth-order valence-corrected chi connectivity index (χ4v) is 1.56. The van der Waals surface area contributed by atoms with Crippen molar-refractivity contribution in [3.05, 3.63) is 29.3 Å². The summed E-state index contributed by atoms with van der Waals surface area (Å²) < 4.78 is 5.13. The Hall–Kier alpha value is -2.04. The summed E-state index contributed by atoms with van der Waals surface area (Å²) in [5.41, 5.74) is 1.40. The third-order valence-corrected chi connectivity index (χ3v) is 2.59. The van der Waals surface area contributed by atoms with E-state index in [0.29, 0.717) is 11.3 Å². The number of rotatable bonds is 5. The highest BCUT2D eigenvalue weighted by Crippen LogP contribution is 2.21. The highest BCUT2D eigenvalue weighted by atomic mass is 16.5. The van der Waals surface area contributed by atoms with Crippen molar-refractivity contribution < 1.29 is 19.4 Å². The summed E-state index contributed by atoms with van der Waals surface area (Å²) in [4.78, 5) is 24.0.